The average molecular weight is 456 g/mol. The van der Waals surface area contributed by atoms with E-state index >= 15 is 0 Å². The Labute approximate surface area is 194 Å². The topological polar surface area (TPSA) is 111 Å². The van der Waals surface area contributed by atoms with Crippen molar-refractivity contribution in [2.75, 3.05) is 32.8 Å². The van der Waals surface area contributed by atoms with Crippen molar-refractivity contribution < 1.29 is 19.4 Å². The van der Waals surface area contributed by atoms with E-state index in [2.05, 4.69) is 20.4 Å². The van der Waals surface area contributed by atoms with E-state index in [1.54, 1.807) is 13.0 Å². The van der Waals surface area contributed by atoms with E-state index in [4.69, 9.17) is 4.74 Å². The van der Waals surface area contributed by atoms with Crippen molar-refractivity contribution in [1.82, 2.24) is 25.3 Å². The van der Waals surface area contributed by atoms with Gasteiger partial charge in [-0.1, -0.05) is 0 Å². The molecule has 33 heavy (non-hydrogen) atoms. The predicted molar refractivity (Wildman–Crippen MR) is 124 cm³/mol. The van der Waals surface area contributed by atoms with Gasteiger partial charge in [-0.3, -0.25) is 19.6 Å². The standard InChI is InChI=1S/C24H33N5O4/c1-3-33-18-9-7-17(8-10-18)20-15-21(27-26-20)24(32)25-19-5-4-6-22(23(19)31)29-13-11-28(12-14-29)16(2)30/h7-10,15,19,22-23,31H,3-6,11-14H2,1-2H3,(H,25,32)(H,26,27)/t19-,22-,23-/m1/s1. The van der Waals surface area contributed by atoms with Crippen LogP contribution in [0.5, 0.6) is 5.75 Å². The smallest absolute Gasteiger partial charge is 0.269 e. The lowest BCUT2D eigenvalue weighted by atomic mass is 9.86. The van der Waals surface area contributed by atoms with Crippen LogP contribution >= 0.6 is 0 Å². The van der Waals surface area contributed by atoms with Crippen LogP contribution in [0.15, 0.2) is 30.3 Å². The largest absolute Gasteiger partial charge is 0.494 e. The maximum absolute atomic E-state index is 12.9. The molecular weight excluding hydrogens is 422 g/mol. The van der Waals surface area contributed by atoms with Crippen LogP contribution in [0, 0.1) is 0 Å². The molecule has 0 spiro atoms. The van der Waals surface area contributed by atoms with Gasteiger partial charge in [-0.25, -0.2) is 0 Å². The van der Waals surface area contributed by atoms with Gasteiger partial charge in [0, 0.05) is 44.7 Å². The summed E-state index contributed by atoms with van der Waals surface area (Å²) >= 11 is 0. The molecule has 1 saturated carbocycles. The lowest BCUT2D eigenvalue weighted by Crippen LogP contribution is -2.60. The Kier molecular flexibility index (Phi) is 7.29. The first-order chi connectivity index (χ1) is 16.0. The Morgan fingerprint density at radius 3 is 2.58 bits per heavy atom. The summed E-state index contributed by atoms with van der Waals surface area (Å²) in [4.78, 5) is 28.5. The number of aromatic amines is 1. The molecule has 1 saturated heterocycles. The van der Waals surface area contributed by atoms with Crippen LogP contribution in [0.1, 0.15) is 43.6 Å². The molecule has 1 aromatic carbocycles. The van der Waals surface area contributed by atoms with Crippen molar-refractivity contribution in [2.24, 2.45) is 0 Å². The van der Waals surface area contributed by atoms with Crippen molar-refractivity contribution in [3.63, 3.8) is 0 Å². The SMILES string of the molecule is CCOc1ccc(-c2cc(C(=O)N[C@@H]3CCC[C@@H](N4CCN(C(C)=O)CC4)[C@@H]3O)[nH]n2)cc1. The van der Waals surface area contributed by atoms with E-state index in [-0.39, 0.29) is 23.9 Å². The number of H-pyrrole nitrogens is 1. The number of aliphatic hydroxyl groups excluding tert-OH is 1. The highest BCUT2D eigenvalue weighted by Crippen LogP contribution is 2.26. The molecule has 0 unspecified atom stereocenters. The van der Waals surface area contributed by atoms with E-state index in [0.717, 1.165) is 43.7 Å². The molecule has 0 radical (unpaired) electrons. The molecule has 1 aliphatic heterocycles. The number of rotatable bonds is 6. The van der Waals surface area contributed by atoms with Gasteiger partial charge in [0.05, 0.1) is 24.4 Å². The van der Waals surface area contributed by atoms with Gasteiger partial charge in [0.2, 0.25) is 5.91 Å². The monoisotopic (exact) mass is 455 g/mol. The molecule has 1 aromatic heterocycles. The third kappa shape index (κ3) is 5.36. The molecule has 4 rings (SSSR count). The van der Waals surface area contributed by atoms with E-state index < -0.39 is 6.10 Å². The predicted octanol–water partition coefficient (Wildman–Crippen LogP) is 1.65. The van der Waals surface area contributed by atoms with Crippen LogP contribution in [-0.4, -0.2) is 87.9 Å². The summed E-state index contributed by atoms with van der Waals surface area (Å²) in [6, 6.07) is 8.95. The summed E-state index contributed by atoms with van der Waals surface area (Å²) in [7, 11) is 0. The van der Waals surface area contributed by atoms with Gasteiger partial charge in [-0.15, -0.1) is 0 Å². The first-order valence-electron chi connectivity index (χ1n) is 11.7. The van der Waals surface area contributed by atoms with Crippen LogP contribution in [0.4, 0.5) is 0 Å². The summed E-state index contributed by atoms with van der Waals surface area (Å²) in [5.41, 5.74) is 1.92. The van der Waals surface area contributed by atoms with Crippen molar-refractivity contribution >= 4 is 11.8 Å². The van der Waals surface area contributed by atoms with E-state index in [0.29, 0.717) is 31.1 Å². The zero-order chi connectivity index (χ0) is 23.4. The van der Waals surface area contributed by atoms with Gasteiger partial charge in [0.25, 0.3) is 5.91 Å². The zero-order valence-electron chi connectivity index (χ0n) is 19.3. The zero-order valence-corrected chi connectivity index (χ0v) is 19.3. The summed E-state index contributed by atoms with van der Waals surface area (Å²) in [5, 5.41) is 21.1. The first-order valence-corrected chi connectivity index (χ1v) is 11.7. The molecular formula is C24H33N5O4. The van der Waals surface area contributed by atoms with Crippen LogP contribution < -0.4 is 10.1 Å². The fourth-order valence-electron chi connectivity index (χ4n) is 4.80. The average Bonchev–Trinajstić information content (AvgIpc) is 3.32. The normalized spacial score (nSPS) is 23.8. The molecule has 178 valence electrons. The minimum atomic E-state index is -0.653. The summed E-state index contributed by atoms with van der Waals surface area (Å²) in [6.07, 6.45) is 1.90. The van der Waals surface area contributed by atoms with Crippen molar-refractivity contribution in [3.05, 3.63) is 36.0 Å². The molecule has 3 N–H and O–H groups in total. The highest BCUT2D eigenvalue weighted by atomic mass is 16.5. The number of aromatic nitrogens is 2. The Morgan fingerprint density at radius 2 is 1.91 bits per heavy atom. The minimum Gasteiger partial charge on any atom is -0.494 e. The van der Waals surface area contributed by atoms with Crippen LogP contribution in [0.25, 0.3) is 11.3 Å². The van der Waals surface area contributed by atoms with Gasteiger partial charge in [0.1, 0.15) is 11.4 Å². The second-order valence-corrected chi connectivity index (χ2v) is 8.74. The summed E-state index contributed by atoms with van der Waals surface area (Å²) < 4.78 is 5.47. The molecule has 3 atom stereocenters. The number of nitrogens with zero attached hydrogens (tertiary/aromatic N) is 3. The number of hydrogen-bond donors (Lipinski definition) is 3. The second-order valence-electron chi connectivity index (χ2n) is 8.74. The fraction of sp³-hybridized carbons (Fsp3) is 0.542. The number of benzene rings is 1. The Balaban J connectivity index is 1.36. The van der Waals surface area contributed by atoms with Gasteiger partial charge >= 0.3 is 0 Å². The minimum absolute atomic E-state index is 0.0145. The maximum atomic E-state index is 12.9. The number of amides is 2. The molecule has 2 amide bonds. The Morgan fingerprint density at radius 1 is 1.18 bits per heavy atom. The van der Waals surface area contributed by atoms with E-state index in [1.165, 1.54) is 0 Å². The van der Waals surface area contributed by atoms with Crippen molar-refractivity contribution in [3.8, 4) is 17.0 Å². The number of ether oxygens (including phenoxy) is 1. The van der Waals surface area contributed by atoms with Crippen molar-refractivity contribution in [2.45, 2.75) is 51.3 Å². The third-order valence-corrected chi connectivity index (χ3v) is 6.65. The molecule has 1 aliphatic carbocycles. The third-order valence-electron chi connectivity index (χ3n) is 6.65. The molecule has 0 bridgehead atoms. The maximum Gasteiger partial charge on any atom is 0.269 e. The number of aliphatic hydroxyl groups is 1. The van der Waals surface area contributed by atoms with Crippen LogP contribution in [-0.2, 0) is 4.79 Å². The lowest BCUT2D eigenvalue weighted by molar-refractivity contribution is -0.131. The molecule has 9 nitrogen and oxygen atoms in total. The molecule has 2 fully saturated rings. The second kappa shape index (κ2) is 10.4. The van der Waals surface area contributed by atoms with Crippen LogP contribution in [0.2, 0.25) is 0 Å². The molecule has 2 aliphatic rings. The fourth-order valence-corrected chi connectivity index (χ4v) is 4.80. The lowest BCUT2D eigenvalue weighted by Gasteiger charge is -2.44. The molecule has 2 heterocycles. The number of carbonyl (C=O) groups is 2. The number of carbonyl (C=O) groups excluding carboxylic acids is 2. The van der Waals surface area contributed by atoms with E-state index in [1.807, 2.05) is 36.1 Å². The quantitative estimate of drug-likeness (QED) is 0.611. The highest BCUT2D eigenvalue weighted by molar-refractivity contribution is 5.93. The van der Waals surface area contributed by atoms with Gasteiger partial charge < -0.3 is 20.1 Å². The highest BCUT2D eigenvalue weighted by Gasteiger charge is 2.37. The summed E-state index contributed by atoms with van der Waals surface area (Å²) in [6.45, 7) is 6.98. The first kappa shape index (κ1) is 23.3. The summed E-state index contributed by atoms with van der Waals surface area (Å²) in [5.74, 6) is 0.609. The number of piperazine rings is 1. The van der Waals surface area contributed by atoms with Gasteiger partial charge in [0.15, 0.2) is 0 Å². The van der Waals surface area contributed by atoms with E-state index in [9.17, 15) is 14.7 Å². The van der Waals surface area contributed by atoms with Crippen molar-refractivity contribution in [1.29, 1.82) is 0 Å². The van der Waals surface area contributed by atoms with Gasteiger partial charge in [-0.2, -0.15) is 5.10 Å². The Hall–Kier alpha value is -2.91. The number of nitrogens with one attached hydrogen (secondary N) is 2. The van der Waals surface area contributed by atoms with Gasteiger partial charge in [-0.05, 0) is 56.5 Å². The Bertz CT molecular complexity index is 952. The molecule has 9 heteroatoms. The molecule has 2 aromatic rings. The number of hydrogen-bond acceptors (Lipinski definition) is 6. The van der Waals surface area contributed by atoms with Crippen LogP contribution in [0.3, 0.4) is 0 Å².